The number of nitrogens with zero attached hydrogens (tertiary/aromatic N) is 1. The Balaban J connectivity index is 1.50. The number of nitrogens with one attached hydrogen (secondary N) is 1. The lowest BCUT2D eigenvalue weighted by Gasteiger charge is -2.22. The van der Waals surface area contributed by atoms with Crippen molar-refractivity contribution in [2.24, 2.45) is 7.05 Å². The molecule has 2 heterocycles. The molecule has 1 unspecified atom stereocenters. The van der Waals surface area contributed by atoms with Gasteiger partial charge in [-0.25, -0.2) is 4.79 Å². The first-order valence-corrected chi connectivity index (χ1v) is 14.6. The quantitative estimate of drug-likeness (QED) is 0.174. The summed E-state index contributed by atoms with van der Waals surface area (Å²) in [5.74, 6) is -0.745. The largest absolute Gasteiger partial charge is 0.507 e. The predicted octanol–water partition coefficient (Wildman–Crippen LogP) is 7.08. The van der Waals surface area contributed by atoms with Gasteiger partial charge in [-0.1, -0.05) is 70.5 Å². The first kappa shape index (κ1) is 28.3. The number of aromatic nitrogens is 2. The SMILES string of the molecule is COc1ccccc1C(=O)OCCc1c(C(c2cccc(Br)c2)c2c(O)c3ccccc3n(C)c2=O)[nH]c2ccccc12. The van der Waals surface area contributed by atoms with Crippen molar-refractivity contribution in [2.75, 3.05) is 13.7 Å². The highest BCUT2D eigenvalue weighted by Crippen LogP contribution is 2.41. The van der Waals surface area contributed by atoms with Crippen molar-refractivity contribution in [2.45, 2.75) is 12.3 Å². The van der Waals surface area contributed by atoms with Crippen LogP contribution in [0.25, 0.3) is 21.8 Å². The molecule has 0 saturated carbocycles. The average molecular weight is 638 g/mol. The van der Waals surface area contributed by atoms with E-state index in [4.69, 9.17) is 9.47 Å². The van der Waals surface area contributed by atoms with Crippen LogP contribution in [0.4, 0.5) is 0 Å². The monoisotopic (exact) mass is 636 g/mol. The zero-order valence-electron chi connectivity index (χ0n) is 23.6. The highest BCUT2D eigenvalue weighted by molar-refractivity contribution is 9.10. The van der Waals surface area contributed by atoms with E-state index < -0.39 is 11.9 Å². The average Bonchev–Trinajstić information content (AvgIpc) is 3.39. The van der Waals surface area contributed by atoms with Crippen LogP contribution in [-0.2, 0) is 18.2 Å². The number of halogens is 1. The minimum Gasteiger partial charge on any atom is -0.507 e. The Hall–Kier alpha value is -4.82. The minimum absolute atomic E-state index is 0.0594. The summed E-state index contributed by atoms with van der Waals surface area (Å²) < 4.78 is 13.5. The van der Waals surface area contributed by atoms with E-state index in [1.165, 1.54) is 7.11 Å². The lowest BCUT2D eigenvalue weighted by atomic mass is 9.85. The molecule has 43 heavy (non-hydrogen) atoms. The first-order chi connectivity index (χ1) is 20.9. The maximum absolute atomic E-state index is 14.0. The van der Waals surface area contributed by atoms with E-state index in [1.807, 2.05) is 72.8 Å². The van der Waals surface area contributed by atoms with E-state index in [-0.39, 0.29) is 23.5 Å². The molecule has 1 atom stereocenters. The summed E-state index contributed by atoms with van der Waals surface area (Å²) >= 11 is 3.59. The summed E-state index contributed by atoms with van der Waals surface area (Å²) in [6, 6.07) is 29.8. The number of methoxy groups -OCH3 is 1. The minimum atomic E-state index is -0.645. The van der Waals surface area contributed by atoms with Crippen LogP contribution < -0.4 is 10.3 Å². The van der Waals surface area contributed by atoms with Crippen molar-refractivity contribution in [3.63, 3.8) is 0 Å². The molecule has 216 valence electrons. The van der Waals surface area contributed by atoms with Crippen molar-refractivity contribution in [1.29, 1.82) is 0 Å². The molecule has 0 aliphatic carbocycles. The van der Waals surface area contributed by atoms with Crippen LogP contribution in [0.2, 0.25) is 0 Å². The Bertz CT molecular complexity index is 2040. The fourth-order valence-corrected chi connectivity index (χ4v) is 6.22. The van der Waals surface area contributed by atoms with Gasteiger partial charge in [-0.3, -0.25) is 4.79 Å². The molecular formula is C35H29BrN2O5. The summed E-state index contributed by atoms with van der Waals surface area (Å²) in [5.41, 5.74) is 4.28. The van der Waals surface area contributed by atoms with Crippen molar-refractivity contribution in [3.05, 3.63) is 140 Å². The lowest BCUT2D eigenvalue weighted by molar-refractivity contribution is 0.0505. The van der Waals surface area contributed by atoms with Gasteiger partial charge in [-0.05, 0) is 53.6 Å². The molecule has 0 aliphatic heterocycles. The molecule has 0 fully saturated rings. The fourth-order valence-electron chi connectivity index (χ4n) is 5.80. The number of carbonyl (C=O) groups excluding carboxylic acids is 1. The van der Waals surface area contributed by atoms with E-state index in [9.17, 15) is 14.7 Å². The molecule has 2 aromatic heterocycles. The maximum Gasteiger partial charge on any atom is 0.341 e. The number of hydrogen-bond acceptors (Lipinski definition) is 5. The van der Waals surface area contributed by atoms with Gasteiger partial charge in [0.2, 0.25) is 0 Å². The van der Waals surface area contributed by atoms with Crippen LogP contribution in [0.5, 0.6) is 11.5 Å². The third-order valence-corrected chi connectivity index (χ3v) is 8.32. The number of rotatable bonds is 8. The number of ether oxygens (including phenoxy) is 2. The van der Waals surface area contributed by atoms with Gasteiger partial charge < -0.3 is 24.1 Å². The molecule has 0 amide bonds. The number of hydrogen-bond donors (Lipinski definition) is 2. The lowest BCUT2D eigenvalue weighted by Crippen LogP contribution is -2.25. The Morgan fingerprint density at radius 2 is 1.67 bits per heavy atom. The second-order valence-electron chi connectivity index (χ2n) is 10.3. The molecule has 0 bridgehead atoms. The molecule has 0 saturated heterocycles. The number of pyridine rings is 1. The Morgan fingerprint density at radius 1 is 0.953 bits per heavy atom. The Morgan fingerprint density at radius 3 is 2.47 bits per heavy atom. The summed E-state index contributed by atoms with van der Waals surface area (Å²) in [6.07, 6.45) is 0.374. The predicted molar refractivity (Wildman–Crippen MR) is 171 cm³/mol. The van der Waals surface area contributed by atoms with Crippen LogP contribution in [0.15, 0.2) is 106 Å². The summed E-state index contributed by atoms with van der Waals surface area (Å²) in [5, 5.41) is 13.2. The van der Waals surface area contributed by atoms with Crippen molar-refractivity contribution < 1.29 is 19.4 Å². The highest BCUT2D eigenvalue weighted by Gasteiger charge is 2.30. The van der Waals surface area contributed by atoms with Crippen LogP contribution in [0.3, 0.4) is 0 Å². The Kier molecular flexibility index (Phi) is 7.78. The van der Waals surface area contributed by atoms with Gasteiger partial charge in [0, 0.05) is 39.9 Å². The van der Waals surface area contributed by atoms with Crippen molar-refractivity contribution in [3.8, 4) is 11.5 Å². The van der Waals surface area contributed by atoms with Gasteiger partial charge >= 0.3 is 5.97 Å². The van der Waals surface area contributed by atoms with Gasteiger partial charge in [0.15, 0.2) is 0 Å². The van der Waals surface area contributed by atoms with Gasteiger partial charge in [-0.2, -0.15) is 0 Å². The van der Waals surface area contributed by atoms with Crippen LogP contribution in [-0.4, -0.2) is 34.3 Å². The van der Waals surface area contributed by atoms with E-state index in [2.05, 4.69) is 20.9 Å². The molecular weight excluding hydrogens is 608 g/mol. The van der Waals surface area contributed by atoms with Crippen LogP contribution >= 0.6 is 15.9 Å². The molecule has 6 aromatic rings. The third kappa shape index (κ3) is 5.19. The van der Waals surface area contributed by atoms with Gasteiger partial charge in [0.1, 0.15) is 17.1 Å². The molecule has 0 spiro atoms. The number of aryl methyl sites for hydroxylation is 1. The number of aromatic hydroxyl groups is 1. The third-order valence-electron chi connectivity index (χ3n) is 7.83. The number of esters is 1. The zero-order valence-corrected chi connectivity index (χ0v) is 25.2. The van der Waals surface area contributed by atoms with E-state index in [0.29, 0.717) is 28.6 Å². The molecule has 4 aromatic carbocycles. The molecule has 8 heteroatoms. The maximum atomic E-state index is 14.0. The number of fused-ring (bicyclic) bond motifs is 2. The van der Waals surface area contributed by atoms with Gasteiger partial charge in [-0.15, -0.1) is 0 Å². The van der Waals surface area contributed by atoms with Crippen LogP contribution in [0, 0.1) is 0 Å². The van der Waals surface area contributed by atoms with Gasteiger partial charge in [0.25, 0.3) is 5.56 Å². The van der Waals surface area contributed by atoms with Crippen molar-refractivity contribution in [1.82, 2.24) is 9.55 Å². The molecule has 0 radical (unpaired) electrons. The van der Waals surface area contributed by atoms with Crippen molar-refractivity contribution >= 4 is 43.7 Å². The summed E-state index contributed by atoms with van der Waals surface area (Å²) in [6.45, 7) is 0.0959. The standard InChI is InChI=1S/C35H29BrN2O5/c1-38-28-16-7-4-13-25(28)33(39)31(34(38)40)30(21-10-9-11-22(36)20-21)32-24(23-12-3-6-15-27(23)37-32)18-19-43-35(41)26-14-5-8-17-29(26)42-2/h3-17,20,30,37,39H,18-19H2,1-2H3. The molecule has 7 nitrogen and oxygen atoms in total. The molecule has 0 aliphatic rings. The zero-order chi connectivity index (χ0) is 30.1. The second-order valence-corrected chi connectivity index (χ2v) is 11.2. The number of benzene rings is 4. The highest BCUT2D eigenvalue weighted by atomic mass is 79.9. The number of para-hydroxylation sites is 3. The fraction of sp³-hybridized carbons (Fsp3) is 0.143. The Labute approximate surface area is 256 Å². The van der Waals surface area contributed by atoms with E-state index in [1.54, 1.807) is 35.9 Å². The topological polar surface area (TPSA) is 93.6 Å². The first-order valence-electron chi connectivity index (χ1n) is 13.8. The van der Waals surface area contributed by atoms with Crippen LogP contribution in [0.1, 0.15) is 38.7 Å². The molecule has 2 N–H and O–H groups in total. The smallest absolute Gasteiger partial charge is 0.341 e. The van der Waals surface area contributed by atoms with E-state index in [0.717, 1.165) is 32.2 Å². The number of H-pyrrole nitrogens is 1. The normalized spacial score (nSPS) is 12.0. The number of carbonyl (C=O) groups is 1. The molecule has 6 rings (SSSR count). The second kappa shape index (κ2) is 11.8. The van der Waals surface area contributed by atoms with E-state index >= 15 is 0 Å². The summed E-state index contributed by atoms with van der Waals surface area (Å²) in [7, 11) is 3.23. The summed E-state index contributed by atoms with van der Waals surface area (Å²) in [4.78, 5) is 30.6. The van der Waals surface area contributed by atoms with Gasteiger partial charge in [0.05, 0.1) is 30.7 Å². The number of aromatic amines is 1.